The maximum absolute atomic E-state index is 9.11. The normalized spacial score (nSPS) is 39.8. The molecule has 3 nitrogen and oxygen atoms in total. The third kappa shape index (κ3) is 0.822. The van der Waals surface area contributed by atoms with E-state index in [0.717, 1.165) is 24.8 Å². The van der Waals surface area contributed by atoms with Gasteiger partial charge in [-0.3, -0.25) is 0 Å². The van der Waals surface area contributed by atoms with Crippen molar-refractivity contribution in [3.05, 3.63) is 17.9 Å². The second-order valence-electron chi connectivity index (χ2n) is 3.43. The summed E-state index contributed by atoms with van der Waals surface area (Å²) in [5, 5.41) is 9.11. The summed E-state index contributed by atoms with van der Waals surface area (Å²) < 4.78 is 5.51. The third-order valence-electron chi connectivity index (χ3n) is 2.97. The van der Waals surface area contributed by atoms with Crippen molar-refractivity contribution < 1.29 is 9.94 Å². The van der Waals surface area contributed by atoms with Gasteiger partial charge in [-0.05, 0) is 19.3 Å². The van der Waals surface area contributed by atoms with Crippen LogP contribution in [0.25, 0.3) is 0 Å². The zero-order valence-corrected chi connectivity index (χ0v) is 6.97. The molecule has 0 aromatic carbocycles. The molecule has 1 aliphatic carbocycles. The Balaban J connectivity index is 2.38. The molecule has 66 valence electrons. The van der Waals surface area contributed by atoms with E-state index in [9.17, 15) is 0 Å². The minimum Gasteiger partial charge on any atom is -0.371 e. The van der Waals surface area contributed by atoms with Gasteiger partial charge in [0, 0.05) is 5.57 Å². The summed E-state index contributed by atoms with van der Waals surface area (Å²) >= 11 is 0. The molecule has 1 saturated heterocycles. The summed E-state index contributed by atoms with van der Waals surface area (Å²) in [6, 6.07) is 0. The topological polar surface area (TPSA) is 41.5 Å². The van der Waals surface area contributed by atoms with Crippen molar-refractivity contribution in [1.29, 1.82) is 0 Å². The Hall–Kier alpha value is -0.600. The Morgan fingerprint density at radius 1 is 1.75 bits per heavy atom. The molecule has 0 aromatic rings. The number of rotatable bonds is 1. The SMILES string of the molecule is C=C=C1CO[C@H]2CCC[C@@]12NO. The van der Waals surface area contributed by atoms with Crippen molar-refractivity contribution in [1.82, 2.24) is 5.48 Å². The molecular weight excluding hydrogens is 154 g/mol. The van der Waals surface area contributed by atoms with Crippen LogP contribution < -0.4 is 5.48 Å². The van der Waals surface area contributed by atoms with Crippen molar-refractivity contribution in [2.75, 3.05) is 6.61 Å². The van der Waals surface area contributed by atoms with Gasteiger partial charge in [-0.2, -0.15) is 5.48 Å². The van der Waals surface area contributed by atoms with Gasteiger partial charge < -0.3 is 9.94 Å². The lowest BCUT2D eigenvalue weighted by Crippen LogP contribution is -2.47. The highest BCUT2D eigenvalue weighted by Crippen LogP contribution is 2.42. The summed E-state index contributed by atoms with van der Waals surface area (Å²) in [7, 11) is 0. The molecule has 0 bridgehead atoms. The van der Waals surface area contributed by atoms with Gasteiger partial charge in [0.05, 0.1) is 18.2 Å². The third-order valence-corrected chi connectivity index (χ3v) is 2.97. The second kappa shape index (κ2) is 2.71. The van der Waals surface area contributed by atoms with Crippen LogP contribution in [0.2, 0.25) is 0 Å². The first kappa shape index (κ1) is 8.02. The van der Waals surface area contributed by atoms with Crippen molar-refractivity contribution in [2.24, 2.45) is 0 Å². The van der Waals surface area contributed by atoms with Crippen molar-refractivity contribution in [3.63, 3.8) is 0 Å². The van der Waals surface area contributed by atoms with Crippen LogP contribution in [0, 0.1) is 0 Å². The van der Waals surface area contributed by atoms with Gasteiger partial charge in [0.2, 0.25) is 0 Å². The molecule has 0 aromatic heterocycles. The van der Waals surface area contributed by atoms with Crippen molar-refractivity contribution in [2.45, 2.75) is 30.9 Å². The van der Waals surface area contributed by atoms with Gasteiger partial charge in [0.15, 0.2) is 0 Å². The Bertz CT molecular complexity index is 245. The summed E-state index contributed by atoms with van der Waals surface area (Å²) in [4.78, 5) is 0. The lowest BCUT2D eigenvalue weighted by atomic mass is 9.90. The standard InChI is InChI=1S/C9H13NO2/c1-2-7-6-12-8-4-3-5-9(7,8)10-11/h8,10-11H,1,3-6H2/t8-,9+/m0/s1. The molecule has 2 rings (SSSR count). The first-order chi connectivity index (χ1) is 5.83. The molecule has 1 saturated carbocycles. The summed E-state index contributed by atoms with van der Waals surface area (Å²) in [5.74, 6) is 0. The summed E-state index contributed by atoms with van der Waals surface area (Å²) in [5.41, 5.74) is 5.83. The van der Waals surface area contributed by atoms with Crippen LogP contribution >= 0.6 is 0 Å². The number of hydroxylamine groups is 1. The highest BCUT2D eigenvalue weighted by atomic mass is 16.5. The number of hydrogen-bond acceptors (Lipinski definition) is 3. The lowest BCUT2D eigenvalue weighted by Gasteiger charge is -2.25. The molecule has 1 heterocycles. The Labute approximate surface area is 71.7 Å². The van der Waals surface area contributed by atoms with Crippen molar-refractivity contribution >= 4 is 0 Å². The second-order valence-corrected chi connectivity index (χ2v) is 3.43. The van der Waals surface area contributed by atoms with Gasteiger partial charge in [0.1, 0.15) is 0 Å². The molecule has 0 amide bonds. The van der Waals surface area contributed by atoms with Gasteiger partial charge >= 0.3 is 0 Å². The Morgan fingerprint density at radius 2 is 2.58 bits per heavy atom. The molecule has 2 fully saturated rings. The molecule has 12 heavy (non-hydrogen) atoms. The molecule has 0 radical (unpaired) electrons. The van der Waals surface area contributed by atoms with Gasteiger partial charge in [-0.15, -0.1) is 5.73 Å². The van der Waals surface area contributed by atoms with E-state index in [0.29, 0.717) is 6.61 Å². The highest BCUT2D eigenvalue weighted by Gasteiger charge is 2.51. The average Bonchev–Trinajstić information content (AvgIpc) is 2.60. The Morgan fingerprint density at radius 3 is 3.25 bits per heavy atom. The summed E-state index contributed by atoms with van der Waals surface area (Å²) in [6.45, 7) is 4.16. The van der Waals surface area contributed by atoms with Crippen LogP contribution in [0.3, 0.4) is 0 Å². The number of hydrogen-bond donors (Lipinski definition) is 2. The van der Waals surface area contributed by atoms with Gasteiger partial charge in [-0.25, -0.2) is 0 Å². The van der Waals surface area contributed by atoms with Crippen LogP contribution in [0.4, 0.5) is 0 Å². The number of fused-ring (bicyclic) bond motifs is 1. The minimum atomic E-state index is -0.359. The smallest absolute Gasteiger partial charge is 0.0995 e. The predicted molar refractivity (Wildman–Crippen MR) is 43.9 cm³/mol. The van der Waals surface area contributed by atoms with Crippen LogP contribution in [-0.4, -0.2) is 23.5 Å². The number of nitrogens with one attached hydrogen (secondary N) is 1. The Kier molecular flexibility index (Phi) is 1.81. The van der Waals surface area contributed by atoms with Crippen LogP contribution in [-0.2, 0) is 4.74 Å². The fourth-order valence-electron chi connectivity index (χ4n) is 2.26. The fourth-order valence-corrected chi connectivity index (χ4v) is 2.26. The molecular formula is C9H13NO2. The van der Waals surface area contributed by atoms with E-state index in [1.807, 2.05) is 0 Å². The fraction of sp³-hybridized carbons (Fsp3) is 0.667. The van der Waals surface area contributed by atoms with Crippen LogP contribution in [0.1, 0.15) is 19.3 Å². The zero-order chi connectivity index (χ0) is 8.60. The molecule has 0 spiro atoms. The van der Waals surface area contributed by atoms with E-state index in [2.05, 4.69) is 17.8 Å². The lowest BCUT2D eigenvalue weighted by molar-refractivity contribution is 0.0212. The monoisotopic (exact) mass is 167 g/mol. The first-order valence-electron chi connectivity index (χ1n) is 4.26. The summed E-state index contributed by atoms with van der Waals surface area (Å²) in [6.07, 6.45) is 3.14. The molecule has 2 atom stereocenters. The van der Waals surface area contributed by atoms with E-state index in [1.54, 1.807) is 0 Å². The molecule has 3 heteroatoms. The zero-order valence-electron chi connectivity index (χ0n) is 6.97. The van der Waals surface area contributed by atoms with E-state index in [1.165, 1.54) is 0 Å². The molecule has 2 aliphatic rings. The molecule has 1 aliphatic heterocycles. The van der Waals surface area contributed by atoms with Gasteiger partial charge in [0.25, 0.3) is 0 Å². The van der Waals surface area contributed by atoms with Gasteiger partial charge in [-0.1, -0.05) is 6.58 Å². The van der Waals surface area contributed by atoms with Crippen LogP contribution in [0.5, 0.6) is 0 Å². The van der Waals surface area contributed by atoms with E-state index >= 15 is 0 Å². The van der Waals surface area contributed by atoms with E-state index in [4.69, 9.17) is 9.94 Å². The van der Waals surface area contributed by atoms with Crippen molar-refractivity contribution in [3.8, 4) is 0 Å². The van der Waals surface area contributed by atoms with Crippen LogP contribution in [0.15, 0.2) is 17.9 Å². The number of ether oxygens (including phenoxy) is 1. The maximum Gasteiger partial charge on any atom is 0.0995 e. The van der Waals surface area contributed by atoms with E-state index < -0.39 is 0 Å². The minimum absolute atomic E-state index is 0.117. The maximum atomic E-state index is 9.11. The first-order valence-corrected chi connectivity index (χ1v) is 4.26. The molecule has 2 N–H and O–H groups in total. The predicted octanol–water partition coefficient (Wildman–Crippen LogP) is 0.998. The molecule has 0 unspecified atom stereocenters. The largest absolute Gasteiger partial charge is 0.371 e. The highest BCUT2D eigenvalue weighted by molar-refractivity contribution is 5.28. The average molecular weight is 167 g/mol. The quantitative estimate of drug-likeness (QED) is 0.452. The van der Waals surface area contributed by atoms with E-state index in [-0.39, 0.29) is 11.6 Å².